The minimum absolute atomic E-state index is 0.296. The van der Waals surface area contributed by atoms with Crippen LogP contribution in [0.2, 0.25) is 0 Å². The van der Waals surface area contributed by atoms with E-state index >= 15 is 0 Å². The Hall–Kier alpha value is -0.640. The summed E-state index contributed by atoms with van der Waals surface area (Å²) in [4.78, 5) is 0. The molecule has 0 aromatic heterocycles. The van der Waals surface area contributed by atoms with Crippen LogP contribution in [0.3, 0.4) is 0 Å². The molecule has 0 aromatic carbocycles. The molecule has 0 amide bonds. The maximum atomic E-state index is 9.22. The highest BCUT2D eigenvalue weighted by molar-refractivity contribution is 4.79. The van der Waals surface area contributed by atoms with E-state index in [1.807, 2.05) is 0 Å². The fraction of sp³-hybridized carbons (Fsp3) is 0.556. The summed E-state index contributed by atoms with van der Waals surface area (Å²) in [5.74, 6) is 0. The summed E-state index contributed by atoms with van der Waals surface area (Å²) < 4.78 is 5.19. The first-order valence-corrected chi connectivity index (χ1v) is 3.88. The molecule has 0 radical (unpaired) electrons. The second kappa shape index (κ2) is 7.03. The number of hydrogen-bond donors (Lipinski definition) is 2. The normalized spacial score (nSPS) is 15.2. The molecular formula is C9H16O3. The van der Waals surface area contributed by atoms with Crippen LogP contribution in [0.15, 0.2) is 25.3 Å². The lowest BCUT2D eigenvalue weighted by molar-refractivity contribution is -0.0470. The fourth-order valence-electron chi connectivity index (χ4n) is 0.810. The average Bonchev–Trinajstić information content (AvgIpc) is 2.11. The van der Waals surface area contributed by atoms with Gasteiger partial charge in [-0.05, 0) is 6.42 Å². The molecule has 3 nitrogen and oxygen atoms in total. The van der Waals surface area contributed by atoms with E-state index in [2.05, 4.69) is 13.2 Å². The molecule has 0 fully saturated rings. The fourth-order valence-corrected chi connectivity index (χ4v) is 0.810. The van der Waals surface area contributed by atoms with Crippen LogP contribution in [0.25, 0.3) is 0 Å². The van der Waals surface area contributed by atoms with Gasteiger partial charge in [0.25, 0.3) is 0 Å². The minimum Gasteiger partial charge on any atom is -0.394 e. The number of aliphatic hydroxyl groups excluding tert-OH is 2. The van der Waals surface area contributed by atoms with E-state index in [4.69, 9.17) is 9.84 Å². The maximum absolute atomic E-state index is 9.22. The van der Waals surface area contributed by atoms with E-state index in [9.17, 15) is 5.11 Å². The molecule has 0 aliphatic carbocycles. The molecule has 0 saturated carbocycles. The van der Waals surface area contributed by atoms with Gasteiger partial charge in [0.2, 0.25) is 0 Å². The lowest BCUT2D eigenvalue weighted by atomic mass is 10.1. The molecule has 0 aliphatic heterocycles. The highest BCUT2D eigenvalue weighted by atomic mass is 16.5. The predicted octanol–water partition coefficient (Wildman–Crippen LogP) is 0.487. The van der Waals surface area contributed by atoms with Gasteiger partial charge < -0.3 is 14.9 Å². The molecule has 2 N–H and O–H groups in total. The van der Waals surface area contributed by atoms with Crippen LogP contribution in [0, 0.1) is 0 Å². The van der Waals surface area contributed by atoms with Crippen molar-refractivity contribution in [2.75, 3.05) is 13.2 Å². The van der Waals surface area contributed by atoms with Crippen LogP contribution in [-0.4, -0.2) is 35.6 Å². The van der Waals surface area contributed by atoms with Gasteiger partial charge in [-0.15, -0.1) is 13.2 Å². The Labute approximate surface area is 73.0 Å². The third kappa shape index (κ3) is 4.28. The van der Waals surface area contributed by atoms with Crippen molar-refractivity contribution in [3.05, 3.63) is 25.3 Å². The summed E-state index contributed by atoms with van der Waals surface area (Å²) in [5.41, 5.74) is 0. The van der Waals surface area contributed by atoms with E-state index in [1.165, 1.54) is 0 Å². The molecule has 0 spiro atoms. The van der Waals surface area contributed by atoms with Crippen molar-refractivity contribution in [3.8, 4) is 0 Å². The summed E-state index contributed by atoms with van der Waals surface area (Å²) in [6.07, 6.45) is 2.54. The average molecular weight is 172 g/mol. The third-order valence-electron chi connectivity index (χ3n) is 1.44. The van der Waals surface area contributed by atoms with Crippen LogP contribution >= 0.6 is 0 Å². The van der Waals surface area contributed by atoms with E-state index in [1.54, 1.807) is 12.2 Å². The van der Waals surface area contributed by atoms with Crippen molar-refractivity contribution in [1.29, 1.82) is 0 Å². The molecule has 70 valence electrons. The maximum Gasteiger partial charge on any atom is 0.103 e. The molecule has 0 saturated heterocycles. The van der Waals surface area contributed by atoms with Gasteiger partial charge in [0, 0.05) is 0 Å². The second-order valence-electron chi connectivity index (χ2n) is 2.43. The van der Waals surface area contributed by atoms with Gasteiger partial charge in [0.05, 0.1) is 19.3 Å². The molecule has 0 rings (SSSR count). The van der Waals surface area contributed by atoms with Crippen LogP contribution in [0.5, 0.6) is 0 Å². The Kier molecular flexibility index (Phi) is 6.66. The lowest BCUT2D eigenvalue weighted by Gasteiger charge is -2.19. The molecule has 2 unspecified atom stereocenters. The summed E-state index contributed by atoms with van der Waals surface area (Å²) >= 11 is 0. The number of ether oxygens (including phenoxy) is 1. The van der Waals surface area contributed by atoms with E-state index in [0.717, 1.165) is 0 Å². The Bertz CT molecular complexity index is 134. The largest absolute Gasteiger partial charge is 0.394 e. The van der Waals surface area contributed by atoms with Gasteiger partial charge >= 0.3 is 0 Å². The molecule has 0 aromatic rings. The zero-order valence-corrected chi connectivity index (χ0v) is 7.15. The Morgan fingerprint density at radius 2 is 2.00 bits per heavy atom. The van der Waals surface area contributed by atoms with Crippen LogP contribution < -0.4 is 0 Å². The van der Waals surface area contributed by atoms with Crippen LogP contribution in [0.4, 0.5) is 0 Å². The lowest BCUT2D eigenvalue weighted by Crippen LogP contribution is -2.31. The van der Waals surface area contributed by atoms with Crippen molar-refractivity contribution < 1.29 is 14.9 Å². The van der Waals surface area contributed by atoms with Crippen molar-refractivity contribution in [1.82, 2.24) is 0 Å². The highest BCUT2D eigenvalue weighted by Crippen LogP contribution is 2.05. The zero-order chi connectivity index (χ0) is 9.40. The molecule has 0 aliphatic rings. The van der Waals surface area contributed by atoms with Crippen molar-refractivity contribution in [3.63, 3.8) is 0 Å². The van der Waals surface area contributed by atoms with Crippen molar-refractivity contribution in [2.24, 2.45) is 0 Å². The summed E-state index contributed by atoms with van der Waals surface area (Å²) in [6.45, 7) is 7.08. The zero-order valence-electron chi connectivity index (χ0n) is 7.15. The second-order valence-corrected chi connectivity index (χ2v) is 2.43. The van der Waals surface area contributed by atoms with Crippen molar-refractivity contribution >= 4 is 0 Å². The predicted molar refractivity (Wildman–Crippen MR) is 47.8 cm³/mol. The standard InChI is InChI=1S/C9H16O3/c1-3-5-9(8(11)7-10)12-6-4-2/h3-4,8-11H,1-2,5-7H2. The monoisotopic (exact) mass is 172 g/mol. The molecular weight excluding hydrogens is 156 g/mol. The highest BCUT2D eigenvalue weighted by Gasteiger charge is 2.16. The van der Waals surface area contributed by atoms with Gasteiger partial charge in [-0.3, -0.25) is 0 Å². The first-order chi connectivity index (χ1) is 5.76. The van der Waals surface area contributed by atoms with E-state index in [0.29, 0.717) is 13.0 Å². The van der Waals surface area contributed by atoms with Gasteiger partial charge in [-0.1, -0.05) is 12.2 Å². The number of hydrogen-bond acceptors (Lipinski definition) is 3. The topological polar surface area (TPSA) is 49.7 Å². The molecule has 2 atom stereocenters. The molecule has 0 heterocycles. The smallest absolute Gasteiger partial charge is 0.103 e. The first kappa shape index (κ1) is 11.4. The van der Waals surface area contributed by atoms with E-state index < -0.39 is 6.10 Å². The summed E-state index contributed by atoms with van der Waals surface area (Å²) in [6, 6.07) is 0. The van der Waals surface area contributed by atoms with Crippen LogP contribution in [0.1, 0.15) is 6.42 Å². The Morgan fingerprint density at radius 1 is 1.33 bits per heavy atom. The van der Waals surface area contributed by atoms with Gasteiger partial charge in [0.1, 0.15) is 6.10 Å². The summed E-state index contributed by atoms with van der Waals surface area (Å²) in [5, 5.41) is 17.9. The Balaban J connectivity index is 3.83. The summed E-state index contributed by atoms with van der Waals surface area (Å²) in [7, 11) is 0. The molecule has 3 heteroatoms. The quantitative estimate of drug-likeness (QED) is 0.549. The molecule has 12 heavy (non-hydrogen) atoms. The number of rotatable bonds is 7. The van der Waals surface area contributed by atoms with Crippen LogP contribution in [-0.2, 0) is 4.74 Å². The van der Waals surface area contributed by atoms with Gasteiger partial charge in [-0.2, -0.15) is 0 Å². The minimum atomic E-state index is -0.844. The van der Waals surface area contributed by atoms with Gasteiger partial charge in [0.15, 0.2) is 0 Å². The molecule has 0 bridgehead atoms. The third-order valence-corrected chi connectivity index (χ3v) is 1.44. The Morgan fingerprint density at radius 3 is 2.42 bits per heavy atom. The number of aliphatic hydroxyl groups is 2. The van der Waals surface area contributed by atoms with E-state index in [-0.39, 0.29) is 12.7 Å². The SMILES string of the molecule is C=CCOC(CC=C)C(O)CO. The van der Waals surface area contributed by atoms with Gasteiger partial charge in [-0.25, -0.2) is 0 Å². The van der Waals surface area contributed by atoms with Crippen molar-refractivity contribution in [2.45, 2.75) is 18.6 Å². The first-order valence-electron chi connectivity index (χ1n) is 3.88.